The highest BCUT2D eigenvalue weighted by Crippen LogP contribution is 2.06. The fourth-order valence-electron chi connectivity index (χ4n) is 5.75. The van der Waals surface area contributed by atoms with Gasteiger partial charge in [-0.1, -0.05) is 0 Å². The summed E-state index contributed by atoms with van der Waals surface area (Å²) in [5, 5.41) is 51.2. The van der Waals surface area contributed by atoms with E-state index < -0.39 is 188 Å². The Morgan fingerprint density at radius 3 is 1.28 bits per heavy atom. The molecule has 0 spiro atoms. The molecule has 12 amide bonds. The molecule has 0 aliphatic carbocycles. The predicted molar refractivity (Wildman–Crippen MR) is 235 cm³/mol. The van der Waals surface area contributed by atoms with Crippen LogP contribution in [0.5, 0.6) is 0 Å². The van der Waals surface area contributed by atoms with Gasteiger partial charge in [0.1, 0.15) is 54.4 Å². The average molecular weight is 994 g/mol. The summed E-state index contributed by atoms with van der Waals surface area (Å²) in [6, 6.07) is -15.3. The smallest absolute Gasteiger partial charge is 0.303 e. The number of carbonyl (C=O) groups is 13. The number of thiol groups is 2. The molecule has 0 radical (unpaired) electrons. The molecule has 0 unspecified atom stereocenters. The molecule has 0 bridgehead atoms. The van der Waals surface area contributed by atoms with Crippen LogP contribution in [0.25, 0.3) is 0 Å². The number of aliphatic hydroxyl groups excluding tert-OH is 2. The highest BCUT2D eigenvalue weighted by Gasteiger charge is 2.35. The minimum atomic E-state index is -1.91. The van der Waals surface area contributed by atoms with E-state index in [0.29, 0.717) is 6.42 Å². The summed E-state index contributed by atoms with van der Waals surface area (Å²) in [5.74, 6) is -16.0. The van der Waals surface area contributed by atoms with E-state index in [9.17, 15) is 77.6 Å². The number of nitrogens with two attached hydrogens (primary N) is 3. The molecule has 67 heavy (non-hydrogen) atoms. The van der Waals surface area contributed by atoms with E-state index in [1.54, 1.807) is 0 Å². The fraction of sp³-hybridized carbons (Fsp3) is 0.639. The van der Waals surface area contributed by atoms with Gasteiger partial charge in [-0.2, -0.15) is 25.3 Å². The number of amides is 12. The Bertz CT molecular complexity index is 1850. The lowest BCUT2D eigenvalue weighted by Crippen LogP contribution is -2.62. The molecule has 31 heteroatoms. The molecule has 0 aromatic heterocycles. The molecule has 29 nitrogen and oxygen atoms in total. The van der Waals surface area contributed by atoms with E-state index in [1.807, 2.05) is 0 Å². The van der Waals surface area contributed by atoms with Gasteiger partial charge < -0.3 is 85.7 Å². The third-order valence-corrected chi connectivity index (χ3v) is 10.1. The summed E-state index contributed by atoms with van der Waals surface area (Å²) in [7, 11) is 0. The highest BCUT2D eigenvalue weighted by atomic mass is 32.1. The standard InChI is InChI=1S/C36H59N13O16S2/c1-15-28(57)40-10-26(54)42-17(5-6-27(55)56)30(59)46-21(12-51)34(63)47-20(11-50)33(62)43-16(4-2-3-7-37)29(58)44-19(9-25(39)53)32(61)48-23(14-67)36(65)49-22(13-66)35(64)45-18(8-24(38)52)31(60)41-15/h15-23,50-51,66-67H,2-14,37H2,1H3,(H2,38,52)(H2,39,53)(H,40,57)(H,41,60)(H,42,54)(H,43,62)(H,44,58)(H,45,64)(H,46,59)(H,47,63)(H,48,61)(H,49,65)(H,55,56)/t15-,16-,17-,18-,19-,20-,21-,22-,23-/m0/s1. The van der Waals surface area contributed by atoms with Gasteiger partial charge in [0.05, 0.1) is 32.6 Å². The number of hydrogen-bond acceptors (Lipinski definition) is 18. The molecule has 19 N–H and O–H groups in total. The first-order chi connectivity index (χ1) is 31.5. The van der Waals surface area contributed by atoms with Gasteiger partial charge in [-0.15, -0.1) is 0 Å². The van der Waals surface area contributed by atoms with Gasteiger partial charge in [-0.25, -0.2) is 0 Å². The van der Waals surface area contributed by atoms with Crippen LogP contribution >= 0.6 is 25.3 Å². The number of primary amides is 2. The normalized spacial score (nSPS) is 26.3. The number of aliphatic carboxylic acids is 1. The minimum absolute atomic E-state index is 0.140. The zero-order valence-electron chi connectivity index (χ0n) is 36.2. The van der Waals surface area contributed by atoms with Gasteiger partial charge in [0.25, 0.3) is 0 Å². The molecule has 0 aromatic rings. The maximum absolute atomic E-state index is 13.7. The molecule has 1 aliphatic rings. The molecule has 1 rings (SSSR count). The Morgan fingerprint density at radius 1 is 0.522 bits per heavy atom. The molecule has 1 fully saturated rings. The van der Waals surface area contributed by atoms with Crippen molar-refractivity contribution in [3.05, 3.63) is 0 Å². The highest BCUT2D eigenvalue weighted by molar-refractivity contribution is 7.80. The van der Waals surface area contributed by atoms with Gasteiger partial charge in [-0.3, -0.25) is 62.3 Å². The van der Waals surface area contributed by atoms with Crippen LogP contribution in [-0.4, -0.2) is 184 Å². The maximum Gasteiger partial charge on any atom is 0.303 e. The Morgan fingerprint density at radius 2 is 0.881 bits per heavy atom. The van der Waals surface area contributed by atoms with E-state index in [4.69, 9.17) is 17.2 Å². The summed E-state index contributed by atoms with van der Waals surface area (Å²) in [5.41, 5.74) is 16.2. The topological polar surface area (TPSA) is 481 Å². The van der Waals surface area contributed by atoms with Crippen molar-refractivity contribution in [3.63, 3.8) is 0 Å². The van der Waals surface area contributed by atoms with E-state index in [-0.39, 0.29) is 19.4 Å². The molecule has 376 valence electrons. The second-order valence-corrected chi connectivity index (χ2v) is 15.5. The minimum Gasteiger partial charge on any atom is -0.481 e. The van der Waals surface area contributed by atoms with Crippen molar-refractivity contribution in [2.45, 2.75) is 106 Å². The summed E-state index contributed by atoms with van der Waals surface area (Å²) >= 11 is 8.12. The second kappa shape index (κ2) is 30.1. The Kier molecular flexibility index (Phi) is 26.3. The molecule has 9 atom stereocenters. The van der Waals surface area contributed by atoms with Gasteiger partial charge in [0, 0.05) is 17.9 Å². The Labute approximate surface area is 393 Å². The third kappa shape index (κ3) is 21.2. The Balaban J connectivity index is 3.74. The van der Waals surface area contributed by atoms with E-state index >= 15 is 0 Å². The van der Waals surface area contributed by atoms with Crippen LogP contribution in [-0.2, 0) is 62.3 Å². The van der Waals surface area contributed by atoms with Crippen LogP contribution < -0.4 is 70.4 Å². The predicted octanol–water partition coefficient (Wildman–Crippen LogP) is -9.91. The van der Waals surface area contributed by atoms with Crippen LogP contribution in [0.4, 0.5) is 0 Å². The first-order valence-electron chi connectivity index (χ1n) is 20.4. The van der Waals surface area contributed by atoms with Crippen molar-refractivity contribution in [1.29, 1.82) is 0 Å². The second-order valence-electron chi connectivity index (χ2n) is 14.8. The van der Waals surface area contributed by atoms with Crippen LogP contribution in [0.2, 0.25) is 0 Å². The van der Waals surface area contributed by atoms with Crippen LogP contribution in [0.15, 0.2) is 0 Å². The first kappa shape index (κ1) is 58.7. The lowest BCUT2D eigenvalue weighted by Gasteiger charge is -2.27. The maximum atomic E-state index is 13.7. The van der Waals surface area contributed by atoms with Crippen molar-refractivity contribution < 1.29 is 77.6 Å². The lowest BCUT2D eigenvalue weighted by molar-refractivity contribution is -0.138. The van der Waals surface area contributed by atoms with Crippen molar-refractivity contribution in [2.75, 3.05) is 37.8 Å². The van der Waals surface area contributed by atoms with Crippen LogP contribution in [0.1, 0.15) is 51.9 Å². The summed E-state index contributed by atoms with van der Waals surface area (Å²) < 4.78 is 0. The zero-order valence-corrected chi connectivity index (χ0v) is 38.0. The van der Waals surface area contributed by atoms with Crippen molar-refractivity contribution in [2.24, 2.45) is 17.2 Å². The molecule has 0 saturated carbocycles. The monoisotopic (exact) mass is 993 g/mol. The number of rotatable bonds is 15. The van der Waals surface area contributed by atoms with Gasteiger partial charge in [-0.05, 0) is 39.2 Å². The average Bonchev–Trinajstić information content (AvgIpc) is 3.26. The van der Waals surface area contributed by atoms with E-state index in [2.05, 4.69) is 78.4 Å². The number of aliphatic hydroxyl groups is 2. The van der Waals surface area contributed by atoms with Gasteiger partial charge in [0.2, 0.25) is 70.9 Å². The van der Waals surface area contributed by atoms with Crippen molar-refractivity contribution in [1.82, 2.24) is 53.2 Å². The fourth-order valence-corrected chi connectivity index (χ4v) is 6.26. The molecule has 0 aromatic carbocycles. The SMILES string of the molecule is C[C@@H]1NC(=O)[C@H](CC(N)=O)NC(=O)[C@H](CS)NC(=O)[C@H](CS)NC(=O)[C@H](CC(N)=O)NC(=O)[C@H](CCCCN)NC(=O)[C@H](CO)NC(=O)[C@H](CO)NC(=O)[C@H](CCC(=O)O)NC(=O)CNC1=O. The number of unbranched alkanes of at least 4 members (excludes halogenated alkanes) is 1. The number of carbonyl (C=O) groups excluding carboxylic acids is 12. The molecular weight excluding hydrogens is 935 g/mol. The molecule has 1 heterocycles. The van der Waals surface area contributed by atoms with Crippen molar-refractivity contribution >= 4 is 102 Å². The van der Waals surface area contributed by atoms with Gasteiger partial charge in [0.15, 0.2) is 0 Å². The van der Waals surface area contributed by atoms with E-state index in [0.717, 1.165) is 6.92 Å². The number of carboxylic acid groups (broad SMARTS) is 1. The summed E-state index contributed by atoms with van der Waals surface area (Å²) in [6.07, 6.45) is -2.69. The zero-order chi connectivity index (χ0) is 51.0. The van der Waals surface area contributed by atoms with E-state index in [1.165, 1.54) is 0 Å². The largest absolute Gasteiger partial charge is 0.481 e. The quantitative estimate of drug-likeness (QED) is 0.0535. The van der Waals surface area contributed by atoms with Crippen LogP contribution in [0.3, 0.4) is 0 Å². The lowest BCUT2D eigenvalue weighted by atomic mass is 10.1. The van der Waals surface area contributed by atoms with Crippen molar-refractivity contribution in [3.8, 4) is 0 Å². The number of carboxylic acids is 1. The summed E-state index contributed by atoms with van der Waals surface area (Å²) in [6.45, 7) is -1.89. The third-order valence-electron chi connectivity index (χ3n) is 9.39. The van der Waals surface area contributed by atoms with Gasteiger partial charge >= 0.3 is 5.97 Å². The summed E-state index contributed by atoms with van der Waals surface area (Å²) in [4.78, 5) is 168. The Hall–Kier alpha value is -6.31. The molecule has 1 saturated heterocycles. The van der Waals surface area contributed by atoms with Crippen LogP contribution in [0, 0.1) is 0 Å². The number of nitrogens with one attached hydrogen (secondary N) is 10. The first-order valence-corrected chi connectivity index (χ1v) is 21.7. The number of hydrogen-bond donors (Lipinski definition) is 18. The molecule has 1 aliphatic heterocycles. The molecular formula is C36H59N13O16S2.